The van der Waals surface area contributed by atoms with Crippen molar-refractivity contribution in [2.75, 3.05) is 30.3 Å². The number of nitrogens with zero attached hydrogens (tertiary/aromatic N) is 1. The second-order valence-electron chi connectivity index (χ2n) is 6.03. The van der Waals surface area contributed by atoms with Crippen molar-refractivity contribution in [3.8, 4) is 0 Å². The Balaban J connectivity index is 1.88. The molecule has 0 saturated heterocycles. The molecule has 0 radical (unpaired) electrons. The van der Waals surface area contributed by atoms with Crippen molar-refractivity contribution in [3.05, 3.63) is 59.7 Å². The molecule has 150 valence electrons. The molecule has 0 bridgehead atoms. The Labute approximate surface area is 161 Å². The largest absolute Gasteiger partial charge is 0.416 e. The highest BCUT2D eigenvalue weighted by molar-refractivity contribution is 5.96. The number of hydrogen-bond acceptors (Lipinski definition) is 3. The number of rotatable bonds is 7. The van der Waals surface area contributed by atoms with Crippen molar-refractivity contribution in [1.29, 1.82) is 0 Å². The molecule has 0 aliphatic rings. The highest BCUT2D eigenvalue weighted by Gasteiger charge is 2.29. The maximum Gasteiger partial charge on any atom is 0.416 e. The fraction of sp³-hybridized carbons (Fsp3) is 0.300. The van der Waals surface area contributed by atoms with Gasteiger partial charge >= 0.3 is 6.18 Å². The SMILES string of the molecule is CCN(CC)C(=O)c1ccc(NC(=O)CNc2ccc(C(F)(F)F)cc2)cc1. The summed E-state index contributed by atoms with van der Waals surface area (Å²) in [6.45, 7) is 4.93. The van der Waals surface area contributed by atoms with Crippen LogP contribution in [0, 0.1) is 0 Å². The number of nitrogens with one attached hydrogen (secondary N) is 2. The Morgan fingerprint density at radius 1 is 0.893 bits per heavy atom. The zero-order valence-corrected chi connectivity index (χ0v) is 15.6. The number of carbonyl (C=O) groups excluding carboxylic acids is 2. The van der Waals surface area contributed by atoms with Crippen LogP contribution in [0.4, 0.5) is 24.5 Å². The maximum absolute atomic E-state index is 12.5. The second-order valence-corrected chi connectivity index (χ2v) is 6.03. The first-order valence-electron chi connectivity index (χ1n) is 8.85. The van der Waals surface area contributed by atoms with E-state index in [1.54, 1.807) is 29.2 Å². The van der Waals surface area contributed by atoms with Gasteiger partial charge in [-0.1, -0.05) is 0 Å². The molecular formula is C20H22F3N3O2. The Morgan fingerprint density at radius 3 is 1.93 bits per heavy atom. The Morgan fingerprint density at radius 2 is 1.43 bits per heavy atom. The van der Waals surface area contributed by atoms with Crippen LogP contribution in [0.25, 0.3) is 0 Å². The Kier molecular flexibility index (Phi) is 7.03. The average Bonchev–Trinajstić information content (AvgIpc) is 2.67. The van der Waals surface area contributed by atoms with Crippen LogP contribution >= 0.6 is 0 Å². The van der Waals surface area contributed by atoms with Crippen molar-refractivity contribution in [2.24, 2.45) is 0 Å². The monoisotopic (exact) mass is 393 g/mol. The number of carbonyl (C=O) groups is 2. The minimum absolute atomic E-state index is 0.0770. The van der Waals surface area contributed by atoms with Gasteiger partial charge in [-0.15, -0.1) is 0 Å². The lowest BCUT2D eigenvalue weighted by Gasteiger charge is -2.18. The normalized spacial score (nSPS) is 11.0. The van der Waals surface area contributed by atoms with Gasteiger partial charge in [0.15, 0.2) is 0 Å². The van der Waals surface area contributed by atoms with Crippen molar-refractivity contribution < 1.29 is 22.8 Å². The molecule has 0 unspecified atom stereocenters. The molecule has 0 atom stereocenters. The van der Waals surface area contributed by atoms with E-state index in [2.05, 4.69) is 10.6 Å². The molecule has 0 spiro atoms. The molecule has 0 saturated carbocycles. The van der Waals surface area contributed by atoms with Crippen LogP contribution in [-0.2, 0) is 11.0 Å². The Hall–Kier alpha value is -3.03. The summed E-state index contributed by atoms with van der Waals surface area (Å²) < 4.78 is 37.6. The molecular weight excluding hydrogens is 371 g/mol. The molecule has 0 aliphatic carbocycles. The van der Waals surface area contributed by atoms with Crippen molar-refractivity contribution in [1.82, 2.24) is 4.90 Å². The van der Waals surface area contributed by atoms with Gasteiger partial charge in [0, 0.05) is 30.0 Å². The standard InChI is InChI=1S/C20H22F3N3O2/c1-3-26(4-2)19(28)14-5-9-17(10-6-14)25-18(27)13-24-16-11-7-15(8-12-16)20(21,22)23/h5-12,24H,3-4,13H2,1-2H3,(H,25,27). The molecule has 8 heteroatoms. The maximum atomic E-state index is 12.5. The zero-order chi connectivity index (χ0) is 20.7. The van der Waals surface area contributed by atoms with E-state index in [-0.39, 0.29) is 18.4 Å². The molecule has 2 rings (SSSR count). The molecule has 2 aromatic carbocycles. The summed E-state index contributed by atoms with van der Waals surface area (Å²) in [6, 6.07) is 11.0. The van der Waals surface area contributed by atoms with Gasteiger partial charge in [0.25, 0.3) is 5.91 Å². The Bertz CT molecular complexity index is 799. The third-order valence-corrected chi connectivity index (χ3v) is 4.13. The van der Waals surface area contributed by atoms with E-state index < -0.39 is 11.7 Å². The third kappa shape index (κ3) is 5.73. The first kappa shape index (κ1) is 21.3. The van der Waals surface area contributed by atoms with Gasteiger partial charge < -0.3 is 15.5 Å². The topological polar surface area (TPSA) is 61.4 Å². The second kappa shape index (κ2) is 9.25. The van der Waals surface area contributed by atoms with Crippen LogP contribution in [0.3, 0.4) is 0 Å². The fourth-order valence-corrected chi connectivity index (χ4v) is 2.55. The molecule has 2 N–H and O–H groups in total. The number of anilines is 2. The number of alkyl halides is 3. The van der Waals surface area contributed by atoms with Gasteiger partial charge in [0.1, 0.15) is 0 Å². The van der Waals surface area contributed by atoms with E-state index in [9.17, 15) is 22.8 Å². The lowest BCUT2D eigenvalue weighted by atomic mass is 10.1. The van der Waals surface area contributed by atoms with Crippen LogP contribution in [0.2, 0.25) is 0 Å². The van der Waals surface area contributed by atoms with Gasteiger partial charge in [0.05, 0.1) is 12.1 Å². The first-order chi connectivity index (χ1) is 13.2. The zero-order valence-electron chi connectivity index (χ0n) is 15.6. The summed E-state index contributed by atoms with van der Waals surface area (Å²) in [6.07, 6.45) is -4.39. The fourth-order valence-electron chi connectivity index (χ4n) is 2.55. The predicted octanol–water partition coefficient (Wildman–Crippen LogP) is 4.24. The van der Waals surface area contributed by atoms with E-state index in [0.29, 0.717) is 30.0 Å². The van der Waals surface area contributed by atoms with Crippen molar-refractivity contribution in [2.45, 2.75) is 20.0 Å². The van der Waals surface area contributed by atoms with Crippen molar-refractivity contribution >= 4 is 23.2 Å². The summed E-state index contributed by atoms with van der Waals surface area (Å²) in [5.41, 5.74) is 0.713. The van der Waals surface area contributed by atoms with Gasteiger partial charge in [-0.25, -0.2) is 0 Å². The molecule has 0 fully saturated rings. The molecule has 0 aliphatic heterocycles. The number of hydrogen-bond donors (Lipinski definition) is 2. The number of halogens is 3. The summed E-state index contributed by atoms with van der Waals surface area (Å²) in [5.74, 6) is -0.436. The molecule has 0 aromatic heterocycles. The molecule has 5 nitrogen and oxygen atoms in total. The van der Waals surface area contributed by atoms with E-state index in [4.69, 9.17) is 0 Å². The number of amides is 2. The lowest BCUT2D eigenvalue weighted by molar-refractivity contribution is -0.137. The summed E-state index contributed by atoms with van der Waals surface area (Å²) in [4.78, 5) is 25.9. The van der Waals surface area contributed by atoms with Gasteiger partial charge in [-0.2, -0.15) is 13.2 Å². The van der Waals surface area contributed by atoms with E-state index in [1.165, 1.54) is 12.1 Å². The van der Waals surface area contributed by atoms with Crippen LogP contribution in [-0.4, -0.2) is 36.3 Å². The van der Waals surface area contributed by atoms with Crippen LogP contribution in [0.5, 0.6) is 0 Å². The average molecular weight is 393 g/mol. The molecule has 2 amide bonds. The molecule has 2 aromatic rings. The molecule has 28 heavy (non-hydrogen) atoms. The summed E-state index contributed by atoms with van der Waals surface area (Å²) in [7, 11) is 0. The van der Waals surface area contributed by atoms with Gasteiger partial charge in [-0.3, -0.25) is 9.59 Å². The van der Waals surface area contributed by atoms with Crippen LogP contribution in [0.15, 0.2) is 48.5 Å². The minimum Gasteiger partial charge on any atom is -0.376 e. The van der Waals surface area contributed by atoms with Crippen LogP contribution in [0.1, 0.15) is 29.8 Å². The third-order valence-electron chi connectivity index (χ3n) is 4.13. The van der Waals surface area contributed by atoms with Gasteiger partial charge in [0.2, 0.25) is 5.91 Å². The minimum atomic E-state index is -4.39. The predicted molar refractivity (Wildman–Crippen MR) is 102 cm³/mol. The van der Waals surface area contributed by atoms with Crippen molar-refractivity contribution in [3.63, 3.8) is 0 Å². The summed E-state index contributed by atoms with van der Waals surface area (Å²) >= 11 is 0. The highest BCUT2D eigenvalue weighted by Crippen LogP contribution is 2.29. The number of benzene rings is 2. The lowest BCUT2D eigenvalue weighted by Crippen LogP contribution is -2.30. The highest BCUT2D eigenvalue weighted by atomic mass is 19.4. The van der Waals surface area contributed by atoms with E-state index in [1.807, 2.05) is 13.8 Å². The molecule has 0 heterocycles. The van der Waals surface area contributed by atoms with E-state index >= 15 is 0 Å². The summed E-state index contributed by atoms with van der Waals surface area (Å²) in [5, 5.41) is 5.43. The van der Waals surface area contributed by atoms with Gasteiger partial charge in [-0.05, 0) is 62.4 Å². The smallest absolute Gasteiger partial charge is 0.376 e. The van der Waals surface area contributed by atoms with E-state index in [0.717, 1.165) is 12.1 Å². The quantitative estimate of drug-likeness (QED) is 0.740. The first-order valence-corrected chi connectivity index (χ1v) is 8.85. The van der Waals surface area contributed by atoms with Crippen LogP contribution < -0.4 is 10.6 Å².